The van der Waals surface area contributed by atoms with Crippen molar-refractivity contribution in [2.45, 2.75) is 13.2 Å². The molecular formula is C23H17BrO4. The molecule has 0 unspecified atom stereocenters. The molecule has 0 amide bonds. The van der Waals surface area contributed by atoms with Crippen LogP contribution in [-0.4, -0.2) is 0 Å². The highest BCUT2D eigenvalue weighted by Crippen LogP contribution is 2.31. The molecule has 1 aromatic heterocycles. The van der Waals surface area contributed by atoms with E-state index in [1.807, 2.05) is 60.7 Å². The maximum Gasteiger partial charge on any atom is 0.207 e. The van der Waals surface area contributed by atoms with Crippen LogP contribution in [0.25, 0.3) is 11.0 Å². The zero-order valence-corrected chi connectivity index (χ0v) is 16.5. The molecule has 0 saturated heterocycles. The standard InChI is InChI=1S/C23H17BrO4/c24-20-15-28-23-19(22(20)25)11-18(26-13-16-7-3-1-4-8-16)12-21(23)27-14-17-9-5-2-6-10-17/h1-12,15H,13-14H2. The summed E-state index contributed by atoms with van der Waals surface area (Å²) in [6.45, 7) is 0.752. The van der Waals surface area contributed by atoms with Gasteiger partial charge in [0.1, 0.15) is 29.7 Å². The zero-order valence-electron chi connectivity index (χ0n) is 14.9. The van der Waals surface area contributed by atoms with Crippen molar-refractivity contribution in [1.29, 1.82) is 0 Å². The summed E-state index contributed by atoms with van der Waals surface area (Å²) >= 11 is 3.23. The van der Waals surface area contributed by atoms with Gasteiger partial charge in [0.25, 0.3) is 0 Å². The Labute approximate surface area is 170 Å². The Balaban J connectivity index is 1.67. The third-order valence-corrected chi connectivity index (χ3v) is 4.80. The van der Waals surface area contributed by atoms with Gasteiger partial charge in [-0.25, -0.2) is 0 Å². The Morgan fingerprint density at radius 2 is 1.43 bits per heavy atom. The second-order valence-corrected chi connectivity index (χ2v) is 7.11. The molecule has 3 aromatic carbocycles. The maximum atomic E-state index is 12.6. The Morgan fingerprint density at radius 3 is 2.07 bits per heavy atom. The van der Waals surface area contributed by atoms with Crippen LogP contribution in [0, 0.1) is 0 Å². The lowest BCUT2D eigenvalue weighted by Crippen LogP contribution is -2.05. The van der Waals surface area contributed by atoms with E-state index in [2.05, 4.69) is 15.9 Å². The van der Waals surface area contributed by atoms with Gasteiger partial charge in [0, 0.05) is 6.07 Å². The molecule has 1 heterocycles. The van der Waals surface area contributed by atoms with E-state index in [9.17, 15) is 4.79 Å². The molecule has 0 aliphatic rings. The van der Waals surface area contributed by atoms with Crippen LogP contribution in [0.1, 0.15) is 11.1 Å². The fraction of sp³-hybridized carbons (Fsp3) is 0.0870. The van der Waals surface area contributed by atoms with Gasteiger partial charge in [0.05, 0.1) is 5.39 Å². The SMILES string of the molecule is O=c1c(Br)coc2c(OCc3ccccc3)cc(OCc3ccccc3)cc12. The van der Waals surface area contributed by atoms with Gasteiger partial charge >= 0.3 is 0 Å². The number of ether oxygens (including phenoxy) is 2. The van der Waals surface area contributed by atoms with Gasteiger partial charge < -0.3 is 13.9 Å². The van der Waals surface area contributed by atoms with Crippen molar-refractivity contribution >= 4 is 26.9 Å². The summed E-state index contributed by atoms with van der Waals surface area (Å²) in [7, 11) is 0. The third kappa shape index (κ3) is 4.10. The molecule has 4 nitrogen and oxygen atoms in total. The van der Waals surface area contributed by atoms with Crippen LogP contribution in [0.5, 0.6) is 11.5 Å². The molecule has 4 aromatic rings. The largest absolute Gasteiger partial charge is 0.489 e. The minimum absolute atomic E-state index is 0.170. The molecule has 0 fully saturated rings. The highest BCUT2D eigenvalue weighted by Gasteiger charge is 2.14. The van der Waals surface area contributed by atoms with Crippen LogP contribution in [0.2, 0.25) is 0 Å². The molecule has 28 heavy (non-hydrogen) atoms. The lowest BCUT2D eigenvalue weighted by atomic mass is 10.2. The van der Waals surface area contributed by atoms with Gasteiger partial charge in [0.15, 0.2) is 11.3 Å². The van der Waals surface area contributed by atoms with Crippen LogP contribution >= 0.6 is 15.9 Å². The van der Waals surface area contributed by atoms with Crippen molar-refractivity contribution in [3.8, 4) is 11.5 Å². The summed E-state index contributed by atoms with van der Waals surface area (Å²) < 4.78 is 17.9. The fourth-order valence-corrected chi connectivity index (χ4v) is 3.13. The average Bonchev–Trinajstić information content (AvgIpc) is 2.75. The molecule has 0 N–H and O–H groups in total. The summed E-state index contributed by atoms with van der Waals surface area (Å²) in [5.41, 5.74) is 2.29. The Morgan fingerprint density at radius 1 is 0.821 bits per heavy atom. The summed E-state index contributed by atoms with van der Waals surface area (Å²) in [4.78, 5) is 12.6. The number of fused-ring (bicyclic) bond motifs is 1. The van der Waals surface area contributed by atoms with Crippen LogP contribution in [0.15, 0.2) is 92.7 Å². The number of halogens is 1. The van der Waals surface area contributed by atoms with E-state index in [1.54, 1.807) is 12.1 Å². The number of benzene rings is 3. The molecule has 0 aliphatic carbocycles. The first-order chi connectivity index (χ1) is 13.7. The molecule has 0 radical (unpaired) electrons. The van der Waals surface area contributed by atoms with E-state index in [0.717, 1.165) is 11.1 Å². The summed E-state index contributed by atoms with van der Waals surface area (Å²) in [5.74, 6) is 1.01. The van der Waals surface area contributed by atoms with Crippen LogP contribution in [0.4, 0.5) is 0 Å². The Kier molecular flexibility index (Phi) is 5.44. The first-order valence-corrected chi connectivity index (χ1v) is 9.58. The topological polar surface area (TPSA) is 48.7 Å². The molecule has 4 rings (SSSR count). The Hall–Kier alpha value is -3.05. The van der Waals surface area contributed by atoms with Crippen LogP contribution in [0.3, 0.4) is 0 Å². The predicted molar refractivity (Wildman–Crippen MR) is 112 cm³/mol. The zero-order chi connectivity index (χ0) is 19.3. The van der Waals surface area contributed by atoms with Gasteiger partial charge in [-0.15, -0.1) is 0 Å². The summed E-state index contributed by atoms with van der Waals surface area (Å²) in [6, 6.07) is 23.1. The van der Waals surface area contributed by atoms with E-state index in [4.69, 9.17) is 13.9 Å². The minimum atomic E-state index is -0.170. The second-order valence-electron chi connectivity index (χ2n) is 6.26. The summed E-state index contributed by atoms with van der Waals surface area (Å²) in [5, 5.41) is 0.406. The van der Waals surface area contributed by atoms with E-state index in [0.29, 0.717) is 40.2 Å². The highest BCUT2D eigenvalue weighted by molar-refractivity contribution is 9.10. The smallest absolute Gasteiger partial charge is 0.207 e. The minimum Gasteiger partial charge on any atom is -0.489 e. The molecule has 0 spiro atoms. The highest BCUT2D eigenvalue weighted by atomic mass is 79.9. The van der Waals surface area contributed by atoms with Crippen molar-refractivity contribution in [3.63, 3.8) is 0 Å². The van der Waals surface area contributed by atoms with Crippen molar-refractivity contribution in [2.24, 2.45) is 0 Å². The molecule has 140 valence electrons. The van der Waals surface area contributed by atoms with Crippen LogP contribution in [-0.2, 0) is 13.2 Å². The van der Waals surface area contributed by atoms with E-state index in [-0.39, 0.29) is 5.43 Å². The quantitative estimate of drug-likeness (QED) is 0.388. The normalized spacial score (nSPS) is 10.8. The maximum absolute atomic E-state index is 12.6. The molecule has 5 heteroatoms. The average molecular weight is 437 g/mol. The van der Waals surface area contributed by atoms with E-state index in [1.165, 1.54) is 6.26 Å². The lowest BCUT2D eigenvalue weighted by Gasteiger charge is -2.12. The lowest BCUT2D eigenvalue weighted by molar-refractivity contribution is 0.289. The molecular weight excluding hydrogens is 420 g/mol. The van der Waals surface area contributed by atoms with Crippen molar-refractivity contribution < 1.29 is 13.9 Å². The third-order valence-electron chi connectivity index (χ3n) is 4.26. The number of hydrogen-bond donors (Lipinski definition) is 0. The van der Waals surface area contributed by atoms with Gasteiger partial charge in [-0.3, -0.25) is 4.79 Å². The van der Waals surface area contributed by atoms with Crippen molar-refractivity contribution in [3.05, 3.63) is 105 Å². The molecule has 0 saturated carbocycles. The van der Waals surface area contributed by atoms with Gasteiger partial charge in [0.2, 0.25) is 5.43 Å². The fourth-order valence-electron chi connectivity index (χ4n) is 2.83. The molecule has 0 aliphatic heterocycles. The number of rotatable bonds is 6. The first kappa shape index (κ1) is 18.3. The molecule has 0 bridgehead atoms. The predicted octanol–water partition coefficient (Wildman–Crippen LogP) is 5.71. The first-order valence-electron chi connectivity index (χ1n) is 8.79. The van der Waals surface area contributed by atoms with Gasteiger partial charge in [-0.1, -0.05) is 60.7 Å². The van der Waals surface area contributed by atoms with Crippen LogP contribution < -0.4 is 14.9 Å². The van der Waals surface area contributed by atoms with Crippen molar-refractivity contribution in [2.75, 3.05) is 0 Å². The van der Waals surface area contributed by atoms with Gasteiger partial charge in [-0.2, -0.15) is 0 Å². The van der Waals surface area contributed by atoms with E-state index >= 15 is 0 Å². The summed E-state index contributed by atoms with van der Waals surface area (Å²) in [6.07, 6.45) is 1.38. The van der Waals surface area contributed by atoms with Gasteiger partial charge in [-0.05, 0) is 33.1 Å². The Bertz CT molecular complexity index is 1140. The van der Waals surface area contributed by atoms with E-state index < -0.39 is 0 Å². The van der Waals surface area contributed by atoms with Crippen molar-refractivity contribution in [1.82, 2.24) is 0 Å². The number of hydrogen-bond acceptors (Lipinski definition) is 4. The monoisotopic (exact) mass is 436 g/mol. The molecule has 0 atom stereocenters. The second kappa shape index (κ2) is 8.31.